The average molecular weight is 218 g/mol. The monoisotopic (exact) mass is 218 g/mol. The molecule has 0 radical (unpaired) electrons. The van der Waals surface area contributed by atoms with Crippen molar-refractivity contribution in [2.24, 2.45) is 0 Å². The van der Waals surface area contributed by atoms with Crippen molar-refractivity contribution in [2.75, 3.05) is 0 Å². The standard InChI is InChI=1S/C10H9F3O2/c1-6(14)5-7-3-2-4-8(11)9(7)15-10(12)13/h2-4,10H,5H2,1H3. The van der Waals surface area contributed by atoms with Crippen LogP contribution in [0.15, 0.2) is 18.2 Å². The van der Waals surface area contributed by atoms with Crippen LogP contribution in [-0.2, 0) is 11.2 Å². The minimum Gasteiger partial charge on any atom is -0.431 e. The predicted molar refractivity (Wildman–Crippen MR) is 47.4 cm³/mol. The molecule has 1 rings (SSSR count). The maximum absolute atomic E-state index is 13.1. The third-order valence-electron chi connectivity index (χ3n) is 1.69. The molecule has 82 valence electrons. The molecule has 0 heterocycles. The van der Waals surface area contributed by atoms with Crippen molar-refractivity contribution >= 4 is 5.78 Å². The van der Waals surface area contributed by atoms with Gasteiger partial charge in [-0.05, 0) is 13.0 Å². The van der Waals surface area contributed by atoms with Crippen LogP contribution in [0.3, 0.4) is 0 Å². The van der Waals surface area contributed by atoms with Gasteiger partial charge in [-0.2, -0.15) is 8.78 Å². The number of carbonyl (C=O) groups excluding carboxylic acids is 1. The zero-order valence-electron chi connectivity index (χ0n) is 7.97. The quantitative estimate of drug-likeness (QED) is 0.776. The number of hydrogen-bond acceptors (Lipinski definition) is 2. The fourth-order valence-corrected chi connectivity index (χ4v) is 1.18. The molecule has 0 spiro atoms. The highest BCUT2D eigenvalue weighted by Crippen LogP contribution is 2.25. The first-order valence-corrected chi connectivity index (χ1v) is 4.22. The summed E-state index contributed by atoms with van der Waals surface area (Å²) in [6.45, 7) is -1.82. The number of rotatable bonds is 4. The van der Waals surface area contributed by atoms with E-state index in [2.05, 4.69) is 4.74 Å². The molecule has 0 aliphatic rings. The van der Waals surface area contributed by atoms with Crippen LogP contribution in [0.25, 0.3) is 0 Å². The van der Waals surface area contributed by atoms with Crippen LogP contribution < -0.4 is 4.74 Å². The lowest BCUT2D eigenvalue weighted by atomic mass is 10.1. The molecule has 0 bridgehead atoms. The molecule has 1 aromatic carbocycles. The lowest BCUT2D eigenvalue weighted by Crippen LogP contribution is -2.08. The highest BCUT2D eigenvalue weighted by atomic mass is 19.3. The molecule has 1 aromatic rings. The van der Waals surface area contributed by atoms with Gasteiger partial charge in [0, 0.05) is 12.0 Å². The predicted octanol–water partition coefficient (Wildman–Crippen LogP) is 2.56. The summed E-state index contributed by atoms with van der Waals surface area (Å²) in [5, 5.41) is 0. The Morgan fingerprint density at radius 1 is 1.47 bits per heavy atom. The first kappa shape index (κ1) is 11.6. The summed E-state index contributed by atoms with van der Waals surface area (Å²) < 4.78 is 41.0. The van der Waals surface area contributed by atoms with Crippen LogP contribution in [0.5, 0.6) is 5.75 Å². The summed E-state index contributed by atoms with van der Waals surface area (Å²) in [5.41, 5.74) is 0.128. The summed E-state index contributed by atoms with van der Waals surface area (Å²) >= 11 is 0. The number of Topliss-reactive ketones (excluding diaryl/α,β-unsaturated/α-hetero) is 1. The van der Waals surface area contributed by atoms with Gasteiger partial charge in [-0.15, -0.1) is 0 Å². The van der Waals surface area contributed by atoms with Crippen molar-refractivity contribution < 1.29 is 22.7 Å². The lowest BCUT2D eigenvalue weighted by molar-refractivity contribution is -0.116. The van der Waals surface area contributed by atoms with Gasteiger partial charge >= 0.3 is 6.61 Å². The van der Waals surface area contributed by atoms with Crippen molar-refractivity contribution in [3.05, 3.63) is 29.6 Å². The Balaban J connectivity index is 3.02. The molecule has 0 unspecified atom stereocenters. The summed E-state index contributed by atoms with van der Waals surface area (Å²) in [5.74, 6) is -1.70. The minimum atomic E-state index is -3.10. The van der Waals surface area contributed by atoms with Gasteiger partial charge in [-0.25, -0.2) is 4.39 Å². The molecule has 0 aliphatic heterocycles. The maximum Gasteiger partial charge on any atom is 0.387 e. The smallest absolute Gasteiger partial charge is 0.387 e. The normalized spacial score (nSPS) is 10.5. The molecule has 15 heavy (non-hydrogen) atoms. The van der Waals surface area contributed by atoms with Gasteiger partial charge < -0.3 is 4.74 Å². The lowest BCUT2D eigenvalue weighted by Gasteiger charge is -2.10. The van der Waals surface area contributed by atoms with E-state index in [4.69, 9.17) is 0 Å². The zero-order valence-corrected chi connectivity index (χ0v) is 7.97. The molecular weight excluding hydrogens is 209 g/mol. The van der Waals surface area contributed by atoms with E-state index in [0.29, 0.717) is 0 Å². The molecule has 0 aliphatic carbocycles. The second kappa shape index (κ2) is 4.82. The molecule has 0 fully saturated rings. The van der Waals surface area contributed by atoms with Gasteiger partial charge in [-0.1, -0.05) is 12.1 Å². The van der Waals surface area contributed by atoms with E-state index >= 15 is 0 Å². The zero-order chi connectivity index (χ0) is 11.4. The fraction of sp³-hybridized carbons (Fsp3) is 0.300. The van der Waals surface area contributed by atoms with Crippen LogP contribution in [0, 0.1) is 5.82 Å². The van der Waals surface area contributed by atoms with Crippen LogP contribution >= 0.6 is 0 Å². The molecular formula is C10H9F3O2. The molecule has 0 saturated heterocycles. The van der Waals surface area contributed by atoms with Gasteiger partial charge in [0.05, 0.1) is 0 Å². The van der Waals surface area contributed by atoms with Crippen molar-refractivity contribution in [1.29, 1.82) is 0 Å². The van der Waals surface area contributed by atoms with Crippen molar-refractivity contribution in [3.63, 3.8) is 0 Å². The van der Waals surface area contributed by atoms with E-state index in [1.54, 1.807) is 0 Å². The highest BCUT2D eigenvalue weighted by Gasteiger charge is 2.15. The average Bonchev–Trinajstić information content (AvgIpc) is 2.09. The topological polar surface area (TPSA) is 26.3 Å². The first-order chi connectivity index (χ1) is 7.00. The van der Waals surface area contributed by atoms with E-state index in [9.17, 15) is 18.0 Å². The third-order valence-corrected chi connectivity index (χ3v) is 1.69. The number of halogens is 3. The van der Waals surface area contributed by atoms with Gasteiger partial charge in [-0.3, -0.25) is 4.79 Å². The van der Waals surface area contributed by atoms with Crippen LogP contribution in [0.1, 0.15) is 12.5 Å². The number of carbonyl (C=O) groups is 1. The molecule has 2 nitrogen and oxygen atoms in total. The number of benzene rings is 1. The van der Waals surface area contributed by atoms with E-state index < -0.39 is 18.2 Å². The summed E-state index contributed by atoms with van der Waals surface area (Å²) in [6, 6.07) is 3.72. The SMILES string of the molecule is CC(=O)Cc1cccc(F)c1OC(F)F. The highest BCUT2D eigenvalue weighted by molar-refractivity contribution is 5.78. The Morgan fingerprint density at radius 2 is 2.13 bits per heavy atom. The summed E-state index contributed by atoms with van der Waals surface area (Å²) in [6.07, 6.45) is -0.125. The number of alkyl halides is 2. The molecule has 0 amide bonds. The van der Waals surface area contributed by atoms with E-state index in [0.717, 1.165) is 6.07 Å². The molecule has 0 N–H and O–H groups in total. The summed E-state index contributed by atoms with van der Waals surface area (Å²) in [7, 11) is 0. The Hall–Kier alpha value is -1.52. The van der Waals surface area contributed by atoms with E-state index in [-0.39, 0.29) is 17.8 Å². The number of hydrogen-bond donors (Lipinski definition) is 0. The molecule has 0 saturated carbocycles. The second-order valence-electron chi connectivity index (χ2n) is 2.99. The van der Waals surface area contributed by atoms with Gasteiger partial charge in [0.25, 0.3) is 0 Å². The van der Waals surface area contributed by atoms with Crippen molar-refractivity contribution in [1.82, 2.24) is 0 Å². The Morgan fingerprint density at radius 3 is 2.67 bits per heavy atom. The minimum absolute atomic E-state index is 0.125. The van der Waals surface area contributed by atoms with Gasteiger partial charge in [0.15, 0.2) is 11.6 Å². The molecule has 0 aromatic heterocycles. The largest absolute Gasteiger partial charge is 0.431 e. The second-order valence-corrected chi connectivity index (χ2v) is 2.99. The summed E-state index contributed by atoms with van der Waals surface area (Å²) in [4.78, 5) is 10.8. The number of ketones is 1. The molecule has 5 heteroatoms. The van der Waals surface area contributed by atoms with Crippen LogP contribution in [0.2, 0.25) is 0 Å². The van der Waals surface area contributed by atoms with Gasteiger partial charge in [0.1, 0.15) is 5.78 Å². The fourth-order valence-electron chi connectivity index (χ4n) is 1.18. The van der Waals surface area contributed by atoms with Crippen molar-refractivity contribution in [3.8, 4) is 5.75 Å². The Kier molecular flexibility index (Phi) is 3.71. The number of para-hydroxylation sites is 1. The molecule has 0 atom stereocenters. The third kappa shape index (κ3) is 3.27. The first-order valence-electron chi connectivity index (χ1n) is 4.22. The van der Waals surface area contributed by atoms with Crippen molar-refractivity contribution in [2.45, 2.75) is 20.0 Å². The number of ether oxygens (including phenoxy) is 1. The van der Waals surface area contributed by atoms with Crippen LogP contribution in [0.4, 0.5) is 13.2 Å². The Labute approximate surface area is 84.7 Å². The Bertz CT molecular complexity index is 364. The van der Waals surface area contributed by atoms with E-state index in [1.165, 1.54) is 19.1 Å². The van der Waals surface area contributed by atoms with E-state index in [1.807, 2.05) is 0 Å². The van der Waals surface area contributed by atoms with Crippen LogP contribution in [-0.4, -0.2) is 12.4 Å². The van der Waals surface area contributed by atoms with Gasteiger partial charge in [0.2, 0.25) is 0 Å². The maximum atomic E-state index is 13.1.